The van der Waals surface area contributed by atoms with Gasteiger partial charge in [0, 0.05) is 32.7 Å². The van der Waals surface area contributed by atoms with Crippen molar-refractivity contribution in [2.75, 3.05) is 26.2 Å². The summed E-state index contributed by atoms with van der Waals surface area (Å²) in [6.07, 6.45) is 0. The normalized spacial score (nSPS) is 15.4. The number of carbonyl (C=O) groups is 1. The number of hydrogen-bond acceptors (Lipinski definition) is 6. The fourth-order valence-electron chi connectivity index (χ4n) is 3.45. The van der Waals surface area contributed by atoms with Crippen molar-refractivity contribution in [3.8, 4) is 10.8 Å². The van der Waals surface area contributed by atoms with Crippen LogP contribution in [0.15, 0.2) is 57.6 Å². The van der Waals surface area contributed by atoms with Gasteiger partial charge in [-0.2, -0.15) is 11.3 Å². The number of piperazine rings is 1. The number of thiazole rings is 1. The van der Waals surface area contributed by atoms with E-state index in [0.29, 0.717) is 11.5 Å². The summed E-state index contributed by atoms with van der Waals surface area (Å²) >= 11 is 3.30. The molecule has 5 nitrogen and oxygen atoms in total. The van der Waals surface area contributed by atoms with Gasteiger partial charge in [0.1, 0.15) is 0 Å². The molecule has 0 bridgehead atoms. The summed E-state index contributed by atoms with van der Waals surface area (Å²) in [5, 5.41) is 5.10. The number of thiophene rings is 1. The summed E-state index contributed by atoms with van der Waals surface area (Å²) in [7, 11) is 0. The van der Waals surface area contributed by atoms with Gasteiger partial charge in [0.05, 0.1) is 10.2 Å². The molecular formula is C21H19N3O2S2. The monoisotopic (exact) mass is 409 g/mol. The third kappa shape index (κ3) is 3.48. The number of rotatable bonds is 4. The number of benzene rings is 1. The minimum absolute atomic E-state index is 0.0393. The Morgan fingerprint density at radius 1 is 1.07 bits per heavy atom. The van der Waals surface area contributed by atoms with Crippen LogP contribution in [0.3, 0.4) is 0 Å². The Morgan fingerprint density at radius 3 is 2.71 bits per heavy atom. The van der Waals surface area contributed by atoms with Gasteiger partial charge in [0.15, 0.2) is 16.5 Å². The van der Waals surface area contributed by atoms with Crippen LogP contribution < -0.4 is 0 Å². The highest BCUT2D eigenvalue weighted by atomic mass is 32.1. The van der Waals surface area contributed by atoms with Crippen LogP contribution in [0.4, 0.5) is 0 Å². The lowest BCUT2D eigenvalue weighted by Gasteiger charge is -2.34. The molecule has 0 unspecified atom stereocenters. The Hall–Kier alpha value is -2.48. The van der Waals surface area contributed by atoms with Crippen LogP contribution in [-0.2, 0) is 6.54 Å². The van der Waals surface area contributed by atoms with Crippen molar-refractivity contribution >= 4 is 38.8 Å². The van der Waals surface area contributed by atoms with E-state index in [0.717, 1.165) is 47.9 Å². The Morgan fingerprint density at radius 2 is 1.93 bits per heavy atom. The molecule has 3 aromatic heterocycles. The second-order valence-corrected chi connectivity index (χ2v) is 8.66. The Bertz CT molecular complexity index is 1060. The smallest absolute Gasteiger partial charge is 0.289 e. The van der Waals surface area contributed by atoms with Crippen LogP contribution in [0.2, 0.25) is 0 Å². The SMILES string of the molecule is O=C(c1ccc(-c2nc3ccccc3s2)o1)N1CCN(Cc2ccsc2)CC1. The number of furan rings is 1. The second kappa shape index (κ2) is 7.50. The van der Waals surface area contributed by atoms with Gasteiger partial charge in [-0.25, -0.2) is 4.98 Å². The molecule has 0 N–H and O–H groups in total. The maximum atomic E-state index is 12.8. The van der Waals surface area contributed by atoms with Gasteiger partial charge >= 0.3 is 0 Å². The van der Waals surface area contributed by atoms with Crippen molar-refractivity contribution in [2.24, 2.45) is 0 Å². The lowest BCUT2D eigenvalue weighted by molar-refractivity contribution is 0.0599. The molecule has 1 saturated heterocycles. The number of carbonyl (C=O) groups excluding carboxylic acids is 1. The molecule has 0 radical (unpaired) electrons. The predicted octanol–water partition coefficient (Wildman–Crippen LogP) is 4.58. The molecule has 0 atom stereocenters. The average Bonchev–Trinajstić information content (AvgIpc) is 3.47. The van der Waals surface area contributed by atoms with E-state index in [1.54, 1.807) is 28.7 Å². The highest BCUT2D eigenvalue weighted by Gasteiger charge is 2.25. The average molecular weight is 410 g/mol. The van der Waals surface area contributed by atoms with Crippen LogP contribution in [0.1, 0.15) is 16.1 Å². The molecule has 142 valence electrons. The van der Waals surface area contributed by atoms with Gasteiger partial charge < -0.3 is 9.32 Å². The third-order valence-corrected chi connectivity index (χ3v) is 6.75. The first-order valence-electron chi connectivity index (χ1n) is 9.25. The molecule has 1 aromatic carbocycles. The molecule has 1 amide bonds. The van der Waals surface area contributed by atoms with Crippen LogP contribution >= 0.6 is 22.7 Å². The summed E-state index contributed by atoms with van der Waals surface area (Å²) in [5.41, 5.74) is 2.30. The molecule has 0 aliphatic carbocycles. The van der Waals surface area contributed by atoms with E-state index in [9.17, 15) is 4.79 Å². The lowest BCUT2D eigenvalue weighted by Crippen LogP contribution is -2.48. The van der Waals surface area contributed by atoms with Gasteiger partial charge in [0.25, 0.3) is 5.91 Å². The zero-order chi connectivity index (χ0) is 18.9. The summed E-state index contributed by atoms with van der Waals surface area (Å²) in [4.78, 5) is 21.7. The van der Waals surface area contributed by atoms with Gasteiger partial charge in [-0.1, -0.05) is 12.1 Å². The first kappa shape index (κ1) is 17.6. The van der Waals surface area contributed by atoms with Crippen LogP contribution in [0.5, 0.6) is 0 Å². The van der Waals surface area contributed by atoms with Crippen molar-refractivity contribution in [1.82, 2.24) is 14.8 Å². The summed E-state index contributed by atoms with van der Waals surface area (Å²) in [6.45, 7) is 4.16. The number of nitrogens with zero attached hydrogens (tertiary/aromatic N) is 3. The van der Waals surface area contributed by atoms with Gasteiger partial charge in [-0.3, -0.25) is 9.69 Å². The van der Waals surface area contributed by atoms with Crippen LogP contribution in [0.25, 0.3) is 21.0 Å². The fraction of sp³-hybridized carbons (Fsp3) is 0.238. The Balaban J connectivity index is 1.25. The topological polar surface area (TPSA) is 49.6 Å². The van der Waals surface area contributed by atoms with Crippen LogP contribution in [-0.4, -0.2) is 46.9 Å². The maximum Gasteiger partial charge on any atom is 0.289 e. The Kier molecular flexibility index (Phi) is 4.72. The molecule has 28 heavy (non-hydrogen) atoms. The molecule has 0 spiro atoms. The largest absolute Gasteiger partial charge is 0.448 e. The van der Waals surface area contributed by atoms with E-state index in [4.69, 9.17) is 4.42 Å². The second-order valence-electron chi connectivity index (χ2n) is 6.85. The van der Waals surface area contributed by atoms with E-state index >= 15 is 0 Å². The van der Waals surface area contributed by atoms with E-state index in [1.165, 1.54) is 5.56 Å². The number of para-hydroxylation sites is 1. The van der Waals surface area contributed by atoms with Crippen molar-refractivity contribution in [3.63, 3.8) is 0 Å². The van der Waals surface area contributed by atoms with E-state index < -0.39 is 0 Å². The predicted molar refractivity (Wildman–Crippen MR) is 113 cm³/mol. The molecular weight excluding hydrogens is 390 g/mol. The molecule has 7 heteroatoms. The highest BCUT2D eigenvalue weighted by Crippen LogP contribution is 2.31. The lowest BCUT2D eigenvalue weighted by atomic mass is 10.2. The first-order valence-corrected chi connectivity index (χ1v) is 11.0. The molecule has 1 aliphatic heterocycles. The van der Waals surface area contributed by atoms with E-state index in [2.05, 4.69) is 26.7 Å². The molecule has 0 saturated carbocycles. The molecule has 4 aromatic rings. The number of amides is 1. The number of fused-ring (bicyclic) bond motifs is 1. The Labute approximate surface area is 170 Å². The van der Waals surface area contributed by atoms with Gasteiger partial charge in [0.2, 0.25) is 0 Å². The quantitative estimate of drug-likeness (QED) is 0.495. The fourth-order valence-corrected chi connectivity index (χ4v) is 5.04. The van der Waals surface area contributed by atoms with Crippen LogP contribution in [0, 0.1) is 0 Å². The standard InChI is InChI=1S/C21H19N3O2S2/c25-21(24-10-8-23(9-11-24)13-15-7-12-27-14-15)18-6-5-17(26-18)20-22-16-3-1-2-4-19(16)28-20/h1-7,12,14H,8-11,13H2. The minimum atomic E-state index is -0.0393. The van der Waals surface area contributed by atoms with E-state index in [1.807, 2.05) is 35.2 Å². The summed E-state index contributed by atoms with van der Waals surface area (Å²) in [6, 6.07) is 13.8. The van der Waals surface area contributed by atoms with Gasteiger partial charge in [-0.15, -0.1) is 11.3 Å². The first-order chi connectivity index (χ1) is 13.8. The molecule has 1 fully saturated rings. The summed E-state index contributed by atoms with van der Waals surface area (Å²) in [5.74, 6) is 1.00. The number of aromatic nitrogens is 1. The van der Waals surface area contributed by atoms with Gasteiger partial charge in [-0.05, 0) is 46.7 Å². The van der Waals surface area contributed by atoms with Crippen molar-refractivity contribution < 1.29 is 9.21 Å². The number of hydrogen-bond donors (Lipinski definition) is 0. The zero-order valence-corrected chi connectivity index (χ0v) is 16.8. The highest BCUT2D eigenvalue weighted by molar-refractivity contribution is 7.21. The van der Waals surface area contributed by atoms with Crippen molar-refractivity contribution in [2.45, 2.75) is 6.54 Å². The van der Waals surface area contributed by atoms with Crippen molar-refractivity contribution in [3.05, 3.63) is 64.5 Å². The zero-order valence-electron chi connectivity index (χ0n) is 15.2. The van der Waals surface area contributed by atoms with E-state index in [-0.39, 0.29) is 5.91 Å². The van der Waals surface area contributed by atoms with Crippen molar-refractivity contribution in [1.29, 1.82) is 0 Å². The minimum Gasteiger partial charge on any atom is -0.448 e. The maximum absolute atomic E-state index is 12.8. The summed E-state index contributed by atoms with van der Waals surface area (Å²) < 4.78 is 6.99. The molecule has 1 aliphatic rings. The molecule has 4 heterocycles. The third-order valence-electron chi connectivity index (χ3n) is 4.97. The molecule has 5 rings (SSSR count).